The van der Waals surface area contributed by atoms with E-state index >= 15 is 0 Å². The molecule has 1 aromatic carbocycles. The van der Waals surface area contributed by atoms with Gasteiger partial charge in [0.1, 0.15) is 0 Å². The van der Waals surface area contributed by atoms with Crippen molar-refractivity contribution in [2.24, 2.45) is 0 Å². The van der Waals surface area contributed by atoms with E-state index in [4.69, 9.17) is 4.74 Å². The van der Waals surface area contributed by atoms with Gasteiger partial charge in [-0.05, 0) is 38.2 Å². The van der Waals surface area contributed by atoms with Crippen molar-refractivity contribution in [3.8, 4) is 0 Å². The van der Waals surface area contributed by atoms with Crippen LogP contribution in [0.5, 0.6) is 0 Å². The van der Waals surface area contributed by atoms with Crippen LogP contribution in [0.3, 0.4) is 0 Å². The van der Waals surface area contributed by atoms with Gasteiger partial charge in [0.15, 0.2) is 0 Å². The van der Waals surface area contributed by atoms with E-state index in [2.05, 4.69) is 5.32 Å². The first-order valence-corrected chi connectivity index (χ1v) is 8.44. The zero-order chi connectivity index (χ0) is 16.3. The second-order valence-electron chi connectivity index (χ2n) is 6.40. The second kappa shape index (κ2) is 6.60. The minimum absolute atomic E-state index is 0.0154. The lowest BCUT2D eigenvalue weighted by atomic mass is 9.93. The van der Waals surface area contributed by atoms with E-state index in [1.807, 2.05) is 35.2 Å². The molecule has 23 heavy (non-hydrogen) atoms. The molecule has 1 aromatic rings. The van der Waals surface area contributed by atoms with E-state index in [0.29, 0.717) is 13.2 Å². The number of nitrogens with zero attached hydrogens (tertiary/aromatic N) is 1. The van der Waals surface area contributed by atoms with Crippen molar-refractivity contribution in [1.82, 2.24) is 10.2 Å². The molecule has 5 heteroatoms. The summed E-state index contributed by atoms with van der Waals surface area (Å²) in [5.41, 5.74) is 0.790. The van der Waals surface area contributed by atoms with Gasteiger partial charge in [0.25, 0.3) is 0 Å². The summed E-state index contributed by atoms with van der Waals surface area (Å²) in [5.74, 6) is 0.207. The third-order valence-corrected chi connectivity index (χ3v) is 4.79. The van der Waals surface area contributed by atoms with E-state index in [1.54, 1.807) is 6.92 Å². The maximum absolute atomic E-state index is 13.0. The van der Waals surface area contributed by atoms with Crippen LogP contribution in [0.15, 0.2) is 30.3 Å². The molecule has 0 bridgehead atoms. The summed E-state index contributed by atoms with van der Waals surface area (Å²) in [6, 6.07) is 10.0. The molecule has 124 valence electrons. The second-order valence-corrected chi connectivity index (χ2v) is 6.40. The number of alkyl carbamates (subject to hydrolysis) is 1. The van der Waals surface area contributed by atoms with Crippen LogP contribution in [0.2, 0.25) is 0 Å². The zero-order valence-corrected chi connectivity index (χ0v) is 13.6. The van der Waals surface area contributed by atoms with Gasteiger partial charge >= 0.3 is 6.09 Å². The molecule has 1 unspecified atom stereocenters. The highest BCUT2D eigenvalue weighted by molar-refractivity contribution is 5.91. The smallest absolute Gasteiger partial charge is 0.407 e. The number of amides is 2. The van der Waals surface area contributed by atoms with E-state index < -0.39 is 6.09 Å². The highest BCUT2D eigenvalue weighted by Crippen LogP contribution is 2.49. The summed E-state index contributed by atoms with van der Waals surface area (Å²) in [5, 5.41) is 2.86. The standard InChI is InChI=1S/C18H24N2O3/c1-2-23-17(22)19-15-9-6-12-20(13-15)16(21)18(10-11-18)14-7-4-3-5-8-14/h3-5,7-8,15H,2,6,9-13H2,1H3,(H,19,22). The summed E-state index contributed by atoms with van der Waals surface area (Å²) < 4.78 is 4.94. The van der Waals surface area contributed by atoms with Gasteiger partial charge in [0.2, 0.25) is 5.91 Å². The first kappa shape index (κ1) is 15.8. The lowest BCUT2D eigenvalue weighted by Gasteiger charge is -2.35. The summed E-state index contributed by atoms with van der Waals surface area (Å²) in [6.45, 7) is 3.49. The molecular weight excluding hydrogens is 292 g/mol. The van der Waals surface area contributed by atoms with Crippen molar-refractivity contribution >= 4 is 12.0 Å². The molecule has 1 atom stereocenters. The van der Waals surface area contributed by atoms with Gasteiger partial charge in [0, 0.05) is 19.1 Å². The Labute approximate surface area is 137 Å². The average Bonchev–Trinajstić information content (AvgIpc) is 3.37. The normalized spacial score (nSPS) is 22.3. The van der Waals surface area contributed by atoms with Crippen LogP contribution in [-0.2, 0) is 14.9 Å². The maximum atomic E-state index is 13.0. The van der Waals surface area contributed by atoms with Crippen molar-refractivity contribution < 1.29 is 14.3 Å². The molecule has 1 aliphatic heterocycles. The highest BCUT2D eigenvalue weighted by atomic mass is 16.5. The summed E-state index contributed by atoms with van der Waals surface area (Å²) in [7, 11) is 0. The third kappa shape index (κ3) is 3.33. The van der Waals surface area contributed by atoms with Crippen LogP contribution in [0.1, 0.15) is 38.2 Å². The van der Waals surface area contributed by atoms with Gasteiger partial charge < -0.3 is 15.0 Å². The van der Waals surface area contributed by atoms with Crippen LogP contribution >= 0.6 is 0 Å². The van der Waals surface area contributed by atoms with Gasteiger partial charge in [-0.3, -0.25) is 4.79 Å². The number of benzene rings is 1. The van der Waals surface area contributed by atoms with E-state index in [0.717, 1.165) is 37.8 Å². The number of hydrogen-bond donors (Lipinski definition) is 1. The average molecular weight is 316 g/mol. The van der Waals surface area contributed by atoms with E-state index in [-0.39, 0.29) is 17.4 Å². The number of piperidine rings is 1. The maximum Gasteiger partial charge on any atom is 0.407 e. The molecule has 2 fully saturated rings. The molecule has 0 spiro atoms. The molecule has 1 saturated heterocycles. The first-order chi connectivity index (χ1) is 11.2. The van der Waals surface area contributed by atoms with Crippen molar-refractivity contribution in [2.45, 2.75) is 44.1 Å². The molecular formula is C18H24N2O3. The van der Waals surface area contributed by atoms with E-state index in [9.17, 15) is 9.59 Å². The van der Waals surface area contributed by atoms with Gasteiger partial charge in [-0.2, -0.15) is 0 Å². The summed E-state index contributed by atoms with van der Waals surface area (Å²) in [4.78, 5) is 26.5. The van der Waals surface area contributed by atoms with Gasteiger partial charge in [-0.1, -0.05) is 30.3 Å². The summed E-state index contributed by atoms with van der Waals surface area (Å²) in [6.07, 6.45) is 3.25. The summed E-state index contributed by atoms with van der Waals surface area (Å²) >= 11 is 0. The van der Waals surface area contributed by atoms with Crippen molar-refractivity contribution in [1.29, 1.82) is 0 Å². The molecule has 1 aliphatic carbocycles. The number of hydrogen-bond acceptors (Lipinski definition) is 3. The molecule has 1 N–H and O–H groups in total. The minimum atomic E-state index is -0.393. The van der Waals surface area contributed by atoms with Crippen LogP contribution < -0.4 is 5.32 Å². The molecule has 2 amide bonds. The Morgan fingerprint density at radius 2 is 2.04 bits per heavy atom. The number of carbonyl (C=O) groups is 2. The molecule has 0 radical (unpaired) electrons. The Balaban J connectivity index is 1.65. The lowest BCUT2D eigenvalue weighted by molar-refractivity contribution is -0.135. The first-order valence-electron chi connectivity index (χ1n) is 8.44. The fraction of sp³-hybridized carbons (Fsp3) is 0.556. The molecule has 5 nitrogen and oxygen atoms in total. The van der Waals surface area contributed by atoms with Crippen LogP contribution in [0.4, 0.5) is 4.79 Å². The number of rotatable bonds is 4. The van der Waals surface area contributed by atoms with Gasteiger partial charge in [-0.15, -0.1) is 0 Å². The highest BCUT2D eigenvalue weighted by Gasteiger charge is 2.53. The minimum Gasteiger partial charge on any atom is -0.450 e. The topological polar surface area (TPSA) is 58.6 Å². The quantitative estimate of drug-likeness (QED) is 0.928. The Bertz CT molecular complexity index is 569. The van der Waals surface area contributed by atoms with Crippen LogP contribution in [-0.4, -0.2) is 42.6 Å². The van der Waals surface area contributed by atoms with Crippen molar-refractivity contribution in [2.75, 3.05) is 19.7 Å². The number of nitrogens with one attached hydrogen (secondary N) is 1. The predicted molar refractivity (Wildman–Crippen MR) is 87.1 cm³/mol. The number of ether oxygens (including phenoxy) is 1. The van der Waals surface area contributed by atoms with Crippen molar-refractivity contribution in [3.63, 3.8) is 0 Å². The Hall–Kier alpha value is -2.04. The molecule has 1 heterocycles. The van der Waals surface area contributed by atoms with Crippen molar-refractivity contribution in [3.05, 3.63) is 35.9 Å². The molecule has 2 aliphatic rings. The molecule has 0 aromatic heterocycles. The number of carbonyl (C=O) groups excluding carboxylic acids is 2. The Morgan fingerprint density at radius 1 is 1.30 bits per heavy atom. The fourth-order valence-electron chi connectivity index (χ4n) is 3.43. The zero-order valence-electron chi connectivity index (χ0n) is 13.6. The largest absolute Gasteiger partial charge is 0.450 e. The van der Waals surface area contributed by atoms with Gasteiger partial charge in [0.05, 0.1) is 12.0 Å². The third-order valence-electron chi connectivity index (χ3n) is 4.79. The molecule has 1 saturated carbocycles. The predicted octanol–water partition coefficient (Wildman–Crippen LogP) is 2.46. The number of likely N-dealkylation sites (tertiary alicyclic amines) is 1. The lowest BCUT2D eigenvalue weighted by Crippen LogP contribution is -2.52. The van der Waals surface area contributed by atoms with Gasteiger partial charge in [-0.25, -0.2) is 4.79 Å². The Kier molecular flexibility index (Phi) is 4.55. The fourth-order valence-corrected chi connectivity index (χ4v) is 3.43. The SMILES string of the molecule is CCOC(=O)NC1CCCN(C(=O)C2(c3ccccc3)CC2)C1. The van der Waals surface area contributed by atoms with Crippen LogP contribution in [0.25, 0.3) is 0 Å². The monoisotopic (exact) mass is 316 g/mol. The van der Waals surface area contributed by atoms with Crippen LogP contribution in [0, 0.1) is 0 Å². The van der Waals surface area contributed by atoms with E-state index in [1.165, 1.54) is 0 Å². The Morgan fingerprint density at radius 3 is 2.70 bits per heavy atom. The molecule has 3 rings (SSSR count).